The van der Waals surface area contributed by atoms with Crippen molar-refractivity contribution >= 4 is 23.3 Å². The third-order valence-corrected chi connectivity index (χ3v) is 4.07. The SMILES string of the molecule is Cc1cnn(CCNc2ncc(C(=O)N3CCOCC3)cc2Cl)c1. The number of hydrogen-bond acceptors (Lipinski definition) is 5. The van der Waals surface area contributed by atoms with Crippen LogP contribution in [-0.2, 0) is 11.3 Å². The highest BCUT2D eigenvalue weighted by molar-refractivity contribution is 6.33. The summed E-state index contributed by atoms with van der Waals surface area (Å²) in [6.45, 7) is 5.68. The van der Waals surface area contributed by atoms with E-state index >= 15 is 0 Å². The van der Waals surface area contributed by atoms with Gasteiger partial charge in [-0.2, -0.15) is 5.10 Å². The van der Waals surface area contributed by atoms with E-state index in [0.29, 0.717) is 55.8 Å². The van der Waals surface area contributed by atoms with Crippen molar-refractivity contribution in [3.63, 3.8) is 0 Å². The van der Waals surface area contributed by atoms with E-state index in [1.165, 1.54) is 0 Å². The van der Waals surface area contributed by atoms with Gasteiger partial charge in [0.15, 0.2) is 0 Å². The van der Waals surface area contributed by atoms with Crippen LogP contribution in [0.3, 0.4) is 0 Å². The standard InChI is InChI=1S/C16H20ClN5O2/c1-12-9-20-22(11-12)3-2-18-15-14(17)8-13(10-19-15)16(23)21-4-6-24-7-5-21/h8-11H,2-7H2,1H3,(H,18,19). The summed E-state index contributed by atoms with van der Waals surface area (Å²) in [5.41, 5.74) is 1.62. The number of aryl methyl sites for hydroxylation is 1. The van der Waals surface area contributed by atoms with Gasteiger partial charge in [0, 0.05) is 32.0 Å². The fraction of sp³-hybridized carbons (Fsp3) is 0.438. The summed E-state index contributed by atoms with van der Waals surface area (Å²) in [5, 5.41) is 7.82. The molecule has 0 atom stereocenters. The molecule has 1 saturated heterocycles. The summed E-state index contributed by atoms with van der Waals surface area (Å²) in [7, 11) is 0. The van der Waals surface area contributed by atoms with E-state index in [9.17, 15) is 4.79 Å². The van der Waals surface area contributed by atoms with E-state index in [4.69, 9.17) is 16.3 Å². The van der Waals surface area contributed by atoms with E-state index in [1.807, 2.05) is 24.0 Å². The van der Waals surface area contributed by atoms with Gasteiger partial charge < -0.3 is 15.0 Å². The van der Waals surface area contributed by atoms with Crippen LogP contribution in [0.2, 0.25) is 5.02 Å². The van der Waals surface area contributed by atoms with Crippen molar-refractivity contribution in [3.05, 3.63) is 40.8 Å². The Morgan fingerprint density at radius 2 is 2.17 bits per heavy atom. The second-order valence-electron chi connectivity index (χ2n) is 5.67. The van der Waals surface area contributed by atoms with Crippen LogP contribution in [0.4, 0.5) is 5.82 Å². The second-order valence-corrected chi connectivity index (χ2v) is 6.07. The Morgan fingerprint density at radius 1 is 1.38 bits per heavy atom. The molecule has 0 unspecified atom stereocenters. The molecule has 0 saturated carbocycles. The second kappa shape index (κ2) is 7.63. The van der Waals surface area contributed by atoms with E-state index in [2.05, 4.69) is 15.4 Å². The van der Waals surface area contributed by atoms with Crippen LogP contribution in [0.15, 0.2) is 24.7 Å². The van der Waals surface area contributed by atoms with Crippen molar-refractivity contribution in [3.8, 4) is 0 Å². The molecule has 1 amide bonds. The number of ether oxygens (including phenoxy) is 1. The van der Waals surface area contributed by atoms with Crippen LogP contribution < -0.4 is 5.32 Å². The van der Waals surface area contributed by atoms with Gasteiger partial charge in [0.25, 0.3) is 5.91 Å². The molecule has 1 fully saturated rings. The summed E-state index contributed by atoms with van der Waals surface area (Å²) >= 11 is 6.26. The Kier molecular flexibility index (Phi) is 5.32. The van der Waals surface area contributed by atoms with E-state index < -0.39 is 0 Å². The van der Waals surface area contributed by atoms with Gasteiger partial charge in [0.2, 0.25) is 0 Å². The minimum Gasteiger partial charge on any atom is -0.378 e. The highest BCUT2D eigenvalue weighted by Gasteiger charge is 2.19. The van der Waals surface area contributed by atoms with Crippen molar-refractivity contribution < 1.29 is 9.53 Å². The normalized spacial score (nSPS) is 14.7. The van der Waals surface area contributed by atoms with Gasteiger partial charge in [-0.05, 0) is 18.6 Å². The van der Waals surface area contributed by atoms with Gasteiger partial charge in [-0.15, -0.1) is 0 Å². The lowest BCUT2D eigenvalue weighted by atomic mass is 10.2. The van der Waals surface area contributed by atoms with Crippen molar-refractivity contribution in [2.75, 3.05) is 38.2 Å². The molecular weight excluding hydrogens is 330 g/mol. The largest absolute Gasteiger partial charge is 0.378 e. The number of nitrogens with one attached hydrogen (secondary N) is 1. The predicted molar refractivity (Wildman–Crippen MR) is 91.4 cm³/mol. The van der Waals surface area contributed by atoms with Crippen LogP contribution in [0.25, 0.3) is 0 Å². The molecule has 2 aromatic rings. The molecule has 24 heavy (non-hydrogen) atoms. The molecule has 0 bridgehead atoms. The van der Waals surface area contributed by atoms with Crippen molar-refractivity contribution in [2.45, 2.75) is 13.5 Å². The third kappa shape index (κ3) is 4.04. The first-order chi connectivity index (χ1) is 11.6. The number of nitrogens with zero attached hydrogens (tertiary/aromatic N) is 4. The van der Waals surface area contributed by atoms with Crippen molar-refractivity contribution in [1.29, 1.82) is 0 Å². The van der Waals surface area contributed by atoms with E-state index in [-0.39, 0.29) is 5.91 Å². The molecule has 0 aromatic carbocycles. The number of anilines is 1. The number of carbonyl (C=O) groups is 1. The Bertz CT molecular complexity index is 712. The first-order valence-corrected chi connectivity index (χ1v) is 8.27. The summed E-state index contributed by atoms with van der Waals surface area (Å²) < 4.78 is 7.11. The van der Waals surface area contributed by atoms with E-state index in [1.54, 1.807) is 17.2 Å². The number of rotatable bonds is 5. The smallest absolute Gasteiger partial charge is 0.255 e. The Hall–Kier alpha value is -2.12. The van der Waals surface area contributed by atoms with E-state index in [0.717, 1.165) is 5.56 Å². The van der Waals surface area contributed by atoms with Crippen LogP contribution in [0, 0.1) is 6.92 Å². The zero-order valence-electron chi connectivity index (χ0n) is 13.5. The summed E-state index contributed by atoms with van der Waals surface area (Å²) in [5.74, 6) is 0.505. The summed E-state index contributed by atoms with van der Waals surface area (Å²) in [4.78, 5) is 18.4. The van der Waals surface area contributed by atoms with Gasteiger partial charge in [-0.3, -0.25) is 9.48 Å². The van der Waals surface area contributed by atoms with Crippen LogP contribution in [0.5, 0.6) is 0 Å². The third-order valence-electron chi connectivity index (χ3n) is 3.78. The molecule has 128 valence electrons. The maximum absolute atomic E-state index is 12.4. The van der Waals surface area contributed by atoms with Gasteiger partial charge in [-0.1, -0.05) is 11.6 Å². The number of morpholine rings is 1. The number of hydrogen-bond donors (Lipinski definition) is 1. The zero-order valence-corrected chi connectivity index (χ0v) is 14.3. The summed E-state index contributed by atoms with van der Waals surface area (Å²) in [6, 6.07) is 1.66. The lowest BCUT2D eigenvalue weighted by Crippen LogP contribution is -2.40. The van der Waals surface area contributed by atoms with Gasteiger partial charge >= 0.3 is 0 Å². The minimum atomic E-state index is -0.0636. The maximum Gasteiger partial charge on any atom is 0.255 e. The minimum absolute atomic E-state index is 0.0636. The average Bonchev–Trinajstić information content (AvgIpc) is 3.02. The lowest BCUT2D eigenvalue weighted by molar-refractivity contribution is 0.0302. The van der Waals surface area contributed by atoms with Crippen LogP contribution in [0.1, 0.15) is 15.9 Å². The number of halogens is 1. The molecule has 2 aromatic heterocycles. The molecule has 0 aliphatic carbocycles. The average molecular weight is 350 g/mol. The highest BCUT2D eigenvalue weighted by atomic mass is 35.5. The topological polar surface area (TPSA) is 72.3 Å². The number of aromatic nitrogens is 3. The molecule has 8 heteroatoms. The first kappa shape index (κ1) is 16.7. The molecular formula is C16H20ClN5O2. The molecule has 7 nitrogen and oxygen atoms in total. The first-order valence-electron chi connectivity index (χ1n) is 7.89. The number of carbonyl (C=O) groups excluding carboxylic acids is 1. The quantitative estimate of drug-likeness (QED) is 0.891. The molecule has 0 radical (unpaired) electrons. The fourth-order valence-electron chi connectivity index (χ4n) is 2.51. The summed E-state index contributed by atoms with van der Waals surface area (Å²) in [6.07, 6.45) is 5.35. The highest BCUT2D eigenvalue weighted by Crippen LogP contribution is 2.21. The maximum atomic E-state index is 12.4. The predicted octanol–water partition coefficient (Wildman–Crippen LogP) is 1.82. The number of pyridine rings is 1. The molecule has 3 rings (SSSR count). The van der Waals surface area contributed by atoms with Crippen LogP contribution >= 0.6 is 11.6 Å². The number of amides is 1. The molecule has 1 aliphatic rings. The monoisotopic (exact) mass is 349 g/mol. The van der Waals surface area contributed by atoms with Crippen molar-refractivity contribution in [2.24, 2.45) is 0 Å². The Labute approximate surface area is 145 Å². The Balaban J connectivity index is 1.58. The van der Waals surface area contributed by atoms with Gasteiger partial charge in [-0.25, -0.2) is 4.98 Å². The van der Waals surface area contributed by atoms with Crippen LogP contribution in [-0.4, -0.2) is 58.4 Å². The zero-order chi connectivity index (χ0) is 16.9. The Morgan fingerprint density at radius 3 is 2.83 bits per heavy atom. The van der Waals surface area contributed by atoms with Gasteiger partial charge in [0.05, 0.1) is 36.5 Å². The lowest BCUT2D eigenvalue weighted by Gasteiger charge is -2.26. The molecule has 0 spiro atoms. The molecule has 1 N–H and O–H groups in total. The van der Waals surface area contributed by atoms with Crippen molar-refractivity contribution in [1.82, 2.24) is 19.7 Å². The molecule has 1 aliphatic heterocycles. The van der Waals surface area contributed by atoms with Gasteiger partial charge in [0.1, 0.15) is 5.82 Å². The molecule has 3 heterocycles. The fourth-order valence-corrected chi connectivity index (χ4v) is 2.75.